The standard InChI is InChI=1S/C27H43FN3O16P/c1-14(2)19(29)20(33)45-21-26(8,37)22(31-10-9-18(32)30-23(31)34)46-27(21,11-28)12-40-48(38,41-13-39-24(35)42-15(3)4)47-17(7)44-25(36)43-16(5)6/h9-10,14-17,19,21-22,37H,11-13,29H2,1-8H3,(H,30,32,34)/t17?,19?,21-,22?,26+,27+,48?/m0/s1. The average Bonchev–Trinajstić information content (AvgIpc) is 3.16. The lowest BCUT2D eigenvalue weighted by molar-refractivity contribution is -0.178. The number of esters is 1. The van der Waals surface area contributed by atoms with E-state index < -0.39 is 111 Å². The first-order valence-electron chi connectivity index (χ1n) is 14.7. The maximum Gasteiger partial charge on any atom is 0.510 e. The minimum absolute atomic E-state index is 0.480. The maximum absolute atomic E-state index is 15.2. The van der Waals surface area contributed by atoms with Gasteiger partial charge >= 0.3 is 31.8 Å². The lowest BCUT2D eigenvalue weighted by Crippen LogP contribution is -2.57. The highest BCUT2D eigenvalue weighted by atomic mass is 31.2. The van der Waals surface area contributed by atoms with Crippen LogP contribution in [-0.2, 0) is 51.4 Å². The van der Waals surface area contributed by atoms with Crippen LogP contribution in [-0.4, -0.2) is 94.9 Å². The second-order valence-corrected chi connectivity index (χ2v) is 13.4. The number of nitrogens with one attached hydrogen (secondary N) is 1. The molecule has 274 valence electrons. The van der Waals surface area contributed by atoms with Crippen LogP contribution in [0.2, 0.25) is 0 Å². The molecule has 0 amide bonds. The largest absolute Gasteiger partial charge is 0.510 e. The summed E-state index contributed by atoms with van der Waals surface area (Å²) in [5.74, 6) is -1.59. The van der Waals surface area contributed by atoms with Crippen LogP contribution in [0.15, 0.2) is 21.9 Å². The van der Waals surface area contributed by atoms with E-state index in [-0.39, 0.29) is 0 Å². The molecule has 0 saturated carbocycles. The molecular formula is C27H43FN3O16P. The molecule has 2 heterocycles. The van der Waals surface area contributed by atoms with Gasteiger partial charge < -0.3 is 39.3 Å². The topological polar surface area (TPSA) is 252 Å². The molecule has 0 aliphatic carbocycles. The zero-order valence-corrected chi connectivity index (χ0v) is 28.6. The predicted octanol–water partition coefficient (Wildman–Crippen LogP) is 2.00. The monoisotopic (exact) mass is 715 g/mol. The second kappa shape index (κ2) is 16.8. The quantitative estimate of drug-likeness (QED) is 0.0957. The van der Waals surface area contributed by atoms with Gasteiger partial charge in [0.1, 0.15) is 18.3 Å². The summed E-state index contributed by atoms with van der Waals surface area (Å²) in [4.78, 5) is 63.1. The van der Waals surface area contributed by atoms with Crippen molar-refractivity contribution >= 4 is 26.1 Å². The number of halogens is 1. The highest BCUT2D eigenvalue weighted by molar-refractivity contribution is 7.48. The molecule has 21 heteroatoms. The number of phosphoric ester groups is 1. The van der Waals surface area contributed by atoms with Crippen LogP contribution in [0.25, 0.3) is 0 Å². The summed E-state index contributed by atoms with van der Waals surface area (Å²) in [7, 11) is -5.08. The number of carbonyl (C=O) groups is 3. The Bertz CT molecular complexity index is 1430. The highest BCUT2D eigenvalue weighted by Crippen LogP contribution is 2.54. The number of aliphatic hydroxyl groups is 1. The number of phosphoric acid groups is 1. The van der Waals surface area contributed by atoms with E-state index in [2.05, 4.69) is 0 Å². The van der Waals surface area contributed by atoms with Crippen LogP contribution in [0.5, 0.6) is 0 Å². The summed E-state index contributed by atoms with van der Waals surface area (Å²) in [5, 5.41) is 11.6. The lowest BCUT2D eigenvalue weighted by atomic mass is 9.88. The molecule has 4 unspecified atom stereocenters. The third kappa shape index (κ3) is 10.8. The number of hydrogen-bond donors (Lipinski definition) is 3. The molecule has 2 rings (SSSR count). The minimum atomic E-state index is -5.08. The number of aromatic amines is 1. The molecule has 0 aromatic carbocycles. The van der Waals surface area contributed by atoms with E-state index in [0.717, 1.165) is 26.1 Å². The van der Waals surface area contributed by atoms with Crippen molar-refractivity contribution in [2.24, 2.45) is 11.7 Å². The molecule has 19 nitrogen and oxygen atoms in total. The van der Waals surface area contributed by atoms with Gasteiger partial charge in [-0.25, -0.2) is 32.4 Å². The molecule has 0 bridgehead atoms. The van der Waals surface area contributed by atoms with Crippen molar-refractivity contribution in [3.8, 4) is 0 Å². The van der Waals surface area contributed by atoms with Crippen molar-refractivity contribution in [2.45, 2.75) is 103 Å². The van der Waals surface area contributed by atoms with Gasteiger partial charge in [0, 0.05) is 12.3 Å². The Morgan fingerprint density at radius 3 is 2.21 bits per heavy atom. The van der Waals surface area contributed by atoms with Crippen molar-refractivity contribution in [3.63, 3.8) is 0 Å². The number of H-pyrrole nitrogens is 1. The summed E-state index contributed by atoms with van der Waals surface area (Å²) < 4.78 is 75.7. The zero-order valence-electron chi connectivity index (χ0n) is 27.7. The fourth-order valence-electron chi connectivity index (χ4n) is 4.17. The number of carbonyl (C=O) groups excluding carboxylic acids is 3. The van der Waals surface area contributed by atoms with E-state index >= 15 is 4.39 Å². The van der Waals surface area contributed by atoms with Crippen LogP contribution in [0.4, 0.5) is 14.0 Å². The third-order valence-corrected chi connectivity index (χ3v) is 7.89. The van der Waals surface area contributed by atoms with Crippen LogP contribution in [0, 0.1) is 5.92 Å². The van der Waals surface area contributed by atoms with Crippen LogP contribution in [0.1, 0.15) is 61.6 Å². The van der Waals surface area contributed by atoms with Crippen molar-refractivity contribution in [2.75, 3.05) is 20.1 Å². The molecule has 1 aliphatic heterocycles. The van der Waals surface area contributed by atoms with Crippen molar-refractivity contribution in [3.05, 3.63) is 33.1 Å². The molecule has 4 N–H and O–H groups in total. The fraction of sp³-hybridized carbons (Fsp3) is 0.741. The van der Waals surface area contributed by atoms with Crippen LogP contribution in [0.3, 0.4) is 0 Å². The Kier molecular flexibility index (Phi) is 14.3. The first-order chi connectivity index (χ1) is 22.2. The number of alkyl halides is 1. The predicted molar refractivity (Wildman–Crippen MR) is 159 cm³/mol. The minimum Gasteiger partial charge on any atom is -0.455 e. The van der Waals surface area contributed by atoms with E-state index in [0.29, 0.717) is 4.57 Å². The molecule has 1 aromatic heterocycles. The van der Waals surface area contributed by atoms with Gasteiger partial charge in [0.15, 0.2) is 17.9 Å². The Labute approximate surface area is 274 Å². The van der Waals surface area contributed by atoms with E-state index in [9.17, 15) is 33.6 Å². The molecule has 1 fully saturated rings. The van der Waals surface area contributed by atoms with Crippen molar-refractivity contribution in [1.29, 1.82) is 0 Å². The third-order valence-electron chi connectivity index (χ3n) is 6.47. The number of ether oxygens (including phenoxy) is 6. The van der Waals surface area contributed by atoms with Gasteiger partial charge in [-0.2, -0.15) is 0 Å². The fourth-order valence-corrected chi connectivity index (χ4v) is 5.33. The van der Waals surface area contributed by atoms with E-state index in [1.165, 1.54) is 27.7 Å². The van der Waals surface area contributed by atoms with Gasteiger partial charge in [-0.1, -0.05) is 13.8 Å². The van der Waals surface area contributed by atoms with E-state index in [1.54, 1.807) is 13.8 Å². The average molecular weight is 716 g/mol. The van der Waals surface area contributed by atoms with Crippen LogP contribution >= 0.6 is 7.82 Å². The molecule has 1 aliphatic rings. The van der Waals surface area contributed by atoms with E-state index in [4.69, 9.17) is 47.7 Å². The number of hydrogen-bond acceptors (Lipinski definition) is 17. The van der Waals surface area contributed by atoms with Gasteiger partial charge in [-0.05, 0) is 47.5 Å². The Balaban J connectivity index is 2.51. The van der Waals surface area contributed by atoms with Gasteiger partial charge in [0.05, 0.1) is 18.8 Å². The molecule has 1 aromatic rings. The SMILES string of the molecule is CC(C)OC(=O)OCOP(=O)(OC[C@@]1(CF)OC(n2ccc(=O)[nH]c2=O)[C@](C)(O)[C@@H]1OC(=O)C(N)C(C)C)OC(C)OC(=O)OC(C)C. The van der Waals surface area contributed by atoms with Gasteiger partial charge in [0.25, 0.3) is 5.56 Å². The van der Waals surface area contributed by atoms with E-state index in [1.807, 2.05) is 4.98 Å². The molecule has 7 atom stereocenters. The van der Waals surface area contributed by atoms with Gasteiger partial charge in [-0.3, -0.25) is 23.7 Å². The first-order valence-corrected chi connectivity index (χ1v) is 16.1. The molecule has 1 saturated heterocycles. The van der Waals surface area contributed by atoms with Crippen molar-refractivity contribution < 1.29 is 70.4 Å². The molecular weight excluding hydrogens is 672 g/mol. The second-order valence-electron chi connectivity index (χ2n) is 11.7. The molecule has 48 heavy (non-hydrogen) atoms. The normalized spacial score (nSPS) is 25.0. The Hall–Kier alpha value is -3.39. The summed E-state index contributed by atoms with van der Waals surface area (Å²) in [5.41, 5.74) is -0.996. The van der Waals surface area contributed by atoms with Crippen molar-refractivity contribution in [1.82, 2.24) is 9.55 Å². The van der Waals surface area contributed by atoms with Crippen LogP contribution < -0.4 is 17.0 Å². The summed E-state index contributed by atoms with van der Waals surface area (Å²) >= 11 is 0. The summed E-state index contributed by atoms with van der Waals surface area (Å²) in [6.45, 7) is 7.45. The summed E-state index contributed by atoms with van der Waals surface area (Å²) in [6, 6.07) is -0.355. The Morgan fingerprint density at radius 2 is 1.67 bits per heavy atom. The highest BCUT2D eigenvalue weighted by Gasteiger charge is 2.66. The number of rotatable bonds is 16. The Morgan fingerprint density at radius 1 is 1.06 bits per heavy atom. The lowest BCUT2D eigenvalue weighted by Gasteiger charge is -2.35. The zero-order chi connectivity index (χ0) is 36.6. The maximum atomic E-state index is 15.2. The number of nitrogens with two attached hydrogens (primary N) is 1. The van der Waals surface area contributed by atoms with Gasteiger partial charge in [0.2, 0.25) is 13.1 Å². The number of nitrogens with zero attached hydrogens (tertiary/aromatic N) is 1. The molecule has 0 radical (unpaired) electrons. The smallest absolute Gasteiger partial charge is 0.455 e. The first kappa shape index (κ1) is 40.8. The van der Waals surface area contributed by atoms with Gasteiger partial charge in [-0.15, -0.1) is 0 Å². The number of aromatic nitrogens is 2. The molecule has 0 spiro atoms. The summed E-state index contributed by atoms with van der Waals surface area (Å²) in [6.07, 6.45) is -8.34.